The number of carbonyl (C=O) groups excluding carboxylic acids is 1. The van der Waals surface area contributed by atoms with Crippen molar-refractivity contribution in [2.75, 3.05) is 45.3 Å². The van der Waals surface area contributed by atoms with Crippen LogP contribution in [0.2, 0.25) is 0 Å². The Morgan fingerprint density at radius 3 is 2.57 bits per heavy atom. The zero-order chi connectivity index (χ0) is 21.9. The van der Waals surface area contributed by atoms with E-state index >= 15 is 0 Å². The fourth-order valence-electron chi connectivity index (χ4n) is 3.24. The molecule has 1 aliphatic rings. The summed E-state index contributed by atoms with van der Waals surface area (Å²) in [4.78, 5) is 19.5. The Morgan fingerprint density at radius 2 is 1.90 bits per heavy atom. The quantitative estimate of drug-likeness (QED) is 0.747. The van der Waals surface area contributed by atoms with Crippen LogP contribution in [0.4, 0.5) is 5.82 Å². The molecular formula is C21H28N4O4S. The number of hydrogen-bond donors (Lipinski definition) is 1. The highest BCUT2D eigenvalue weighted by Gasteiger charge is 2.23. The van der Waals surface area contributed by atoms with Crippen LogP contribution in [0.25, 0.3) is 0 Å². The first kappa shape index (κ1) is 22.2. The van der Waals surface area contributed by atoms with Gasteiger partial charge in [0.1, 0.15) is 5.82 Å². The minimum Gasteiger partial charge on any atom is -0.378 e. The third-order valence-electron chi connectivity index (χ3n) is 5.24. The first-order chi connectivity index (χ1) is 14.2. The smallest absolute Gasteiger partial charge is 0.251 e. The largest absolute Gasteiger partial charge is 0.378 e. The Morgan fingerprint density at radius 1 is 1.20 bits per heavy atom. The number of morpholine rings is 1. The first-order valence-corrected chi connectivity index (χ1v) is 11.2. The molecule has 3 rings (SSSR count). The van der Waals surface area contributed by atoms with Crippen molar-refractivity contribution in [3.63, 3.8) is 0 Å². The van der Waals surface area contributed by atoms with Gasteiger partial charge in [0.05, 0.1) is 18.1 Å². The summed E-state index contributed by atoms with van der Waals surface area (Å²) in [5, 5.41) is 2.88. The van der Waals surface area contributed by atoms with E-state index in [0.29, 0.717) is 30.9 Å². The number of hydrogen-bond acceptors (Lipinski definition) is 6. The number of aryl methyl sites for hydroxylation is 1. The van der Waals surface area contributed by atoms with Crippen molar-refractivity contribution in [2.24, 2.45) is 0 Å². The second-order valence-corrected chi connectivity index (χ2v) is 9.63. The lowest BCUT2D eigenvalue weighted by Crippen LogP contribution is -2.36. The predicted octanol–water partition coefficient (Wildman–Crippen LogP) is 1.72. The molecule has 0 saturated carbocycles. The number of carbonyl (C=O) groups is 1. The van der Waals surface area contributed by atoms with Crippen LogP contribution in [0.1, 0.15) is 27.0 Å². The lowest BCUT2D eigenvalue weighted by atomic mass is 10.1. The number of benzene rings is 1. The van der Waals surface area contributed by atoms with Crippen LogP contribution >= 0.6 is 0 Å². The number of rotatable bonds is 6. The summed E-state index contributed by atoms with van der Waals surface area (Å²) in [5.74, 6) is 0.536. The van der Waals surface area contributed by atoms with Gasteiger partial charge in [0.25, 0.3) is 5.91 Å². The first-order valence-electron chi connectivity index (χ1n) is 9.79. The SMILES string of the molecule is Cc1cc(C(=O)NCc2ccnc(N3CCOCC3)c2)cc(S(=O)(=O)N(C)C)c1C. The average Bonchev–Trinajstić information content (AvgIpc) is 2.74. The van der Waals surface area contributed by atoms with E-state index < -0.39 is 10.0 Å². The van der Waals surface area contributed by atoms with E-state index in [4.69, 9.17) is 4.74 Å². The molecule has 2 aromatic rings. The van der Waals surface area contributed by atoms with Crippen molar-refractivity contribution in [1.82, 2.24) is 14.6 Å². The fraction of sp³-hybridized carbons (Fsp3) is 0.429. The number of aromatic nitrogens is 1. The number of pyridine rings is 1. The van der Waals surface area contributed by atoms with Gasteiger partial charge >= 0.3 is 0 Å². The number of amides is 1. The summed E-state index contributed by atoms with van der Waals surface area (Å²) in [6, 6.07) is 6.96. The summed E-state index contributed by atoms with van der Waals surface area (Å²) < 4.78 is 31.8. The maximum absolute atomic E-state index is 12.8. The van der Waals surface area contributed by atoms with Crippen molar-refractivity contribution in [2.45, 2.75) is 25.3 Å². The van der Waals surface area contributed by atoms with E-state index in [1.165, 1.54) is 20.2 Å². The minimum absolute atomic E-state index is 0.149. The van der Waals surface area contributed by atoms with Gasteiger partial charge < -0.3 is 15.0 Å². The number of sulfonamides is 1. The molecule has 162 valence electrons. The lowest BCUT2D eigenvalue weighted by molar-refractivity contribution is 0.0950. The molecule has 0 radical (unpaired) electrons. The number of nitrogens with zero attached hydrogens (tertiary/aromatic N) is 3. The highest BCUT2D eigenvalue weighted by molar-refractivity contribution is 7.89. The minimum atomic E-state index is -3.64. The molecule has 0 aliphatic carbocycles. The molecule has 1 saturated heterocycles. The summed E-state index contributed by atoms with van der Waals surface area (Å²) in [7, 11) is -0.685. The maximum Gasteiger partial charge on any atom is 0.251 e. The molecule has 0 atom stereocenters. The molecule has 1 aromatic heterocycles. The molecule has 9 heteroatoms. The molecule has 2 heterocycles. The third kappa shape index (κ3) is 4.80. The maximum atomic E-state index is 12.8. The topological polar surface area (TPSA) is 91.8 Å². The van der Waals surface area contributed by atoms with E-state index in [1.54, 1.807) is 26.1 Å². The van der Waals surface area contributed by atoms with Gasteiger partial charge in [0.2, 0.25) is 10.0 Å². The summed E-state index contributed by atoms with van der Waals surface area (Å²) in [5.41, 5.74) is 2.64. The van der Waals surface area contributed by atoms with Crippen LogP contribution in [0.5, 0.6) is 0 Å². The second-order valence-electron chi connectivity index (χ2n) is 7.51. The normalized spacial score (nSPS) is 14.8. The van der Waals surface area contributed by atoms with Gasteiger partial charge in [-0.2, -0.15) is 0 Å². The molecule has 0 unspecified atom stereocenters. The van der Waals surface area contributed by atoms with Gasteiger partial charge in [-0.1, -0.05) is 0 Å². The highest BCUT2D eigenvalue weighted by atomic mass is 32.2. The predicted molar refractivity (Wildman–Crippen MR) is 115 cm³/mol. The van der Waals surface area contributed by atoms with Gasteiger partial charge in [-0.05, 0) is 54.8 Å². The molecule has 1 fully saturated rings. The van der Waals surface area contributed by atoms with Crippen LogP contribution in [0.3, 0.4) is 0 Å². The number of ether oxygens (including phenoxy) is 1. The molecule has 30 heavy (non-hydrogen) atoms. The van der Waals surface area contributed by atoms with Crippen LogP contribution in [0, 0.1) is 13.8 Å². The van der Waals surface area contributed by atoms with Crippen LogP contribution in [-0.2, 0) is 21.3 Å². The van der Waals surface area contributed by atoms with Gasteiger partial charge in [0.15, 0.2) is 0 Å². The fourth-order valence-corrected chi connectivity index (χ4v) is 4.46. The van der Waals surface area contributed by atoms with E-state index in [-0.39, 0.29) is 10.8 Å². The Kier molecular flexibility index (Phi) is 6.74. The molecule has 1 aliphatic heterocycles. The molecule has 0 bridgehead atoms. The molecule has 0 spiro atoms. The Labute approximate surface area is 177 Å². The highest BCUT2D eigenvalue weighted by Crippen LogP contribution is 2.23. The number of nitrogens with one attached hydrogen (secondary N) is 1. The van der Waals surface area contributed by atoms with Gasteiger partial charge in [0, 0.05) is 45.5 Å². The van der Waals surface area contributed by atoms with E-state index in [0.717, 1.165) is 34.3 Å². The number of anilines is 1. The van der Waals surface area contributed by atoms with E-state index in [2.05, 4.69) is 15.2 Å². The second kappa shape index (κ2) is 9.11. The van der Waals surface area contributed by atoms with Crippen LogP contribution in [-0.4, -0.2) is 64.0 Å². The zero-order valence-corrected chi connectivity index (χ0v) is 18.6. The Balaban J connectivity index is 1.76. The van der Waals surface area contributed by atoms with Crippen molar-refractivity contribution in [3.05, 3.63) is 52.7 Å². The Hall–Kier alpha value is -2.49. The van der Waals surface area contributed by atoms with Crippen LogP contribution in [0.15, 0.2) is 35.4 Å². The average molecular weight is 433 g/mol. The molecule has 1 amide bonds. The van der Waals surface area contributed by atoms with Crippen molar-refractivity contribution in [3.8, 4) is 0 Å². The standard InChI is InChI=1S/C21H28N4O4S/c1-15-11-18(13-19(16(15)2)30(27,28)24(3)4)21(26)23-14-17-5-6-22-20(12-17)25-7-9-29-10-8-25/h5-6,11-13H,7-10,14H2,1-4H3,(H,23,26). The summed E-state index contributed by atoms with van der Waals surface area (Å²) in [6.07, 6.45) is 1.73. The summed E-state index contributed by atoms with van der Waals surface area (Å²) in [6.45, 7) is 6.79. The van der Waals surface area contributed by atoms with Crippen molar-refractivity contribution in [1.29, 1.82) is 0 Å². The Bertz CT molecular complexity index is 1030. The third-order valence-corrected chi connectivity index (χ3v) is 7.18. The molecule has 1 aromatic carbocycles. The molecule has 8 nitrogen and oxygen atoms in total. The van der Waals surface area contributed by atoms with Crippen LogP contribution < -0.4 is 10.2 Å². The summed E-state index contributed by atoms with van der Waals surface area (Å²) >= 11 is 0. The molecule has 1 N–H and O–H groups in total. The van der Waals surface area contributed by atoms with Crippen molar-refractivity contribution < 1.29 is 17.9 Å². The van der Waals surface area contributed by atoms with Gasteiger partial charge in [-0.15, -0.1) is 0 Å². The zero-order valence-electron chi connectivity index (χ0n) is 17.8. The van der Waals surface area contributed by atoms with E-state index in [9.17, 15) is 13.2 Å². The molecular weight excluding hydrogens is 404 g/mol. The lowest BCUT2D eigenvalue weighted by Gasteiger charge is -2.28. The van der Waals surface area contributed by atoms with Gasteiger partial charge in [-0.3, -0.25) is 4.79 Å². The van der Waals surface area contributed by atoms with Crippen molar-refractivity contribution >= 4 is 21.7 Å². The van der Waals surface area contributed by atoms with E-state index in [1.807, 2.05) is 12.1 Å². The monoisotopic (exact) mass is 432 g/mol. The van der Waals surface area contributed by atoms with Gasteiger partial charge in [-0.25, -0.2) is 17.7 Å².